The molecule has 2 aliphatic rings. The van der Waals surface area contributed by atoms with Crippen molar-refractivity contribution in [1.82, 2.24) is 9.80 Å². The lowest BCUT2D eigenvalue weighted by Gasteiger charge is -2.40. The van der Waals surface area contributed by atoms with Gasteiger partial charge in [0.2, 0.25) is 5.91 Å². The van der Waals surface area contributed by atoms with Crippen LogP contribution in [-0.2, 0) is 11.2 Å². The molecule has 2 aliphatic heterocycles. The van der Waals surface area contributed by atoms with Gasteiger partial charge >= 0.3 is 6.03 Å². The quantitative estimate of drug-likeness (QED) is 0.271. The maximum Gasteiger partial charge on any atom is 0.331 e. The third-order valence-corrected chi connectivity index (χ3v) is 9.04. The summed E-state index contributed by atoms with van der Waals surface area (Å²) in [6.07, 6.45) is 3.76. The lowest BCUT2D eigenvalue weighted by atomic mass is 9.91. The number of carbonyl (C=O) groups excluding carboxylic acids is 2. The highest BCUT2D eigenvalue weighted by Crippen LogP contribution is 2.35. The van der Waals surface area contributed by atoms with E-state index < -0.39 is 0 Å². The molecular weight excluding hydrogens is 559 g/mol. The molecule has 0 radical (unpaired) electrons. The van der Waals surface area contributed by atoms with Crippen molar-refractivity contribution in [3.8, 4) is 5.75 Å². The first-order chi connectivity index (χ1) is 19.5. The van der Waals surface area contributed by atoms with Crippen LogP contribution in [0.15, 0.2) is 36.4 Å². The standard InChI is InChI=1S/C32H44Cl2N4O3/c1-23(2)22-32(3,4)35(5)31(40)38-28-21-25(13-11-24(28)12-14-29(38)39)41-20-7-6-15-36-16-18-37(19-17-36)27-10-8-9-26(33)30(27)34/h8-11,13,21,23H,6-7,12,14-20,22H2,1-5H3. The zero-order valence-corrected chi connectivity index (χ0v) is 26.6. The van der Waals surface area contributed by atoms with E-state index in [2.05, 4.69) is 37.5 Å². The highest BCUT2D eigenvalue weighted by Gasteiger charge is 2.37. The number of aryl methyl sites for hydroxylation is 1. The SMILES string of the molecule is CC(C)CC(C)(C)N(C)C(=O)N1C(=O)CCc2ccc(OCCCCN3CCN(c4cccc(Cl)c4Cl)CC3)cc21. The molecule has 2 aromatic rings. The molecular formula is C32H44Cl2N4O3. The van der Waals surface area contributed by atoms with Crippen LogP contribution in [0.5, 0.6) is 5.75 Å². The molecule has 0 spiro atoms. The van der Waals surface area contributed by atoms with E-state index in [1.54, 1.807) is 11.9 Å². The maximum atomic E-state index is 13.6. The largest absolute Gasteiger partial charge is 0.494 e. The minimum absolute atomic E-state index is 0.162. The molecule has 0 unspecified atom stereocenters. The zero-order valence-electron chi connectivity index (χ0n) is 25.1. The van der Waals surface area contributed by atoms with Gasteiger partial charge in [0, 0.05) is 51.3 Å². The molecule has 2 aromatic carbocycles. The van der Waals surface area contributed by atoms with Gasteiger partial charge in [-0.05, 0) is 75.8 Å². The molecule has 7 nitrogen and oxygen atoms in total. The van der Waals surface area contributed by atoms with Gasteiger partial charge in [0.15, 0.2) is 0 Å². The summed E-state index contributed by atoms with van der Waals surface area (Å²) in [4.78, 5) is 34.4. The molecule has 0 aromatic heterocycles. The number of amides is 3. The van der Waals surface area contributed by atoms with E-state index in [1.807, 2.05) is 36.4 Å². The van der Waals surface area contributed by atoms with Gasteiger partial charge in [-0.2, -0.15) is 0 Å². The molecule has 4 rings (SSSR count). The summed E-state index contributed by atoms with van der Waals surface area (Å²) < 4.78 is 6.09. The number of ether oxygens (including phenoxy) is 1. The number of halogens is 2. The predicted molar refractivity (Wildman–Crippen MR) is 169 cm³/mol. The fourth-order valence-corrected chi connectivity index (χ4v) is 6.29. The molecule has 0 atom stereocenters. The van der Waals surface area contributed by atoms with E-state index in [4.69, 9.17) is 27.9 Å². The van der Waals surface area contributed by atoms with Crippen LogP contribution in [0.25, 0.3) is 0 Å². The summed E-state index contributed by atoms with van der Waals surface area (Å²) in [5.74, 6) is 0.958. The fourth-order valence-electron chi connectivity index (χ4n) is 5.87. The summed E-state index contributed by atoms with van der Waals surface area (Å²) in [6.45, 7) is 13.8. The van der Waals surface area contributed by atoms with Gasteiger partial charge in [-0.25, -0.2) is 9.69 Å². The normalized spacial score (nSPS) is 16.2. The van der Waals surface area contributed by atoms with Crippen LogP contribution in [-0.4, -0.2) is 73.7 Å². The number of carbonyl (C=O) groups is 2. The van der Waals surface area contributed by atoms with E-state index in [9.17, 15) is 9.59 Å². The Labute approximate surface area is 255 Å². The average Bonchev–Trinajstić information content (AvgIpc) is 2.93. The summed E-state index contributed by atoms with van der Waals surface area (Å²) in [6, 6.07) is 11.3. The van der Waals surface area contributed by atoms with Crippen molar-refractivity contribution in [3.63, 3.8) is 0 Å². The second kappa shape index (κ2) is 13.7. The van der Waals surface area contributed by atoms with E-state index in [1.165, 1.54) is 4.90 Å². The topological polar surface area (TPSA) is 56.3 Å². The summed E-state index contributed by atoms with van der Waals surface area (Å²) in [5.41, 5.74) is 2.28. The molecule has 9 heteroatoms. The van der Waals surface area contributed by atoms with Crippen molar-refractivity contribution in [3.05, 3.63) is 52.0 Å². The first-order valence-corrected chi connectivity index (χ1v) is 15.5. The van der Waals surface area contributed by atoms with Crippen LogP contribution in [0, 0.1) is 5.92 Å². The second-order valence-electron chi connectivity index (χ2n) is 12.2. The molecule has 224 valence electrons. The summed E-state index contributed by atoms with van der Waals surface area (Å²) in [7, 11) is 1.79. The maximum absolute atomic E-state index is 13.6. The van der Waals surface area contributed by atoms with Gasteiger partial charge in [-0.15, -0.1) is 0 Å². The van der Waals surface area contributed by atoms with Crippen molar-refractivity contribution in [1.29, 1.82) is 0 Å². The van der Waals surface area contributed by atoms with Crippen LogP contribution < -0.4 is 14.5 Å². The molecule has 2 heterocycles. The van der Waals surface area contributed by atoms with Gasteiger partial charge in [0.1, 0.15) is 5.75 Å². The highest BCUT2D eigenvalue weighted by atomic mass is 35.5. The number of nitrogens with zero attached hydrogens (tertiary/aromatic N) is 4. The minimum atomic E-state index is -0.369. The monoisotopic (exact) mass is 602 g/mol. The van der Waals surface area contributed by atoms with Gasteiger partial charge in [-0.3, -0.25) is 9.69 Å². The third kappa shape index (κ3) is 7.68. The number of fused-ring (bicyclic) bond motifs is 1. The van der Waals surface area contributed by atoms with Crippen molar-refractivity contribution in [2.24, 2.45) is 5.92 Å². The third-order valence-electron chi connectivity index (χ3n) is 8.23. The van der Waals surface area contributed by atoms with E-state index >= 15 is 0 Å². The van der Waals surface area contributed by atoms with Crippen LogP contribution >= 0.6 is 23.2 Å². The molecule has 41 heavy (non-hydrogen) atoms. The molecule has 0 aliphatic carbocycles. The Hall–Kier alpha value is -2.48. The smallest absolute Gasteiger partial charge is 0.331 e. The molecule has 0 saturated carbocycles. The average molecular weight is 604 g/mol. The number of benzene rings is 2. The minimum Gasteiger partial charge on any atom is -0.494 e. The molecule has 0 N–H and O–H groups in total. The number of hydrogen-bond acceptors (Lipinski definition) is 5. The van der Waals surface area contributed by atoms with E-state index in [0.29, 0.717) is 46.8 Å². The first-order valence-electron chi connectivity index (χ1n) is 14.8. The van der Waals surface area contributed by atoms with Crippen molar-refractivity contribution < 1.29 is 14.3 Å². The van der Waals surface area contributed by atoms with Crippen molar-refractivity contribution in [2.45, 2.75) is 65.3 Å². The highest BCUT2D eigenvalue weighted by molar-refractivity contribution is 6.43. The second-order valence-corrected chi connectivity index (χ2v) is 13.0. The van der Waals surface area contributed by atoms with Gasteiger partial charge in [0.05, 0.1) is 28.0 Å². The number of urea groups is 1. The Kier molecular flexibility index (Phi) is 10.5. The van der Waals surface area contributed by atoms with Crippen LogP contribution in [0.4, 0.5) is 16.2 Å². The van der Waals surface area contributed by atoms with Gasteiger partial charge < -0.3 is 14.5 Å². The van der Waals surface area contributed by atoms with Crippen LogP contribution in [0.1, 0.15) is 58.9 Å². The van der Waals surface area contributed by atoms with Gasteiger partial charge in [-0.1, -0.05) is 49.2 Å². The fraction of sp³-hybridized carbons (Fsp3) is 0.562. The van der Waals surface area contributed by atoms with E-state index in [0.717, 1.165) is 63.2 Å². The number of imide groups is 1. The van der Waals surface area contributed by atoms with Crippen LogP contribution in [0.3, 0.4) is 0 Å². The molecule has 1 fully saturated rings. The first kappa shape index (κ1) is 31.5. The van der Waals surface area contributed by atoms with E-state index in [-0.39, 0.29) is 17.5 Å². The van der Waals surface area contributed by atoms with Crippen molar-refractivity contribution in [2.75, 3.05) is 56.2 Å². The molecule has 0 bridgehead atoms. The Morgan fingerprint density at radius 1 is 1.02 bits per heavy atom. The summed E-state index contributed by atoms with van der Waals surface area (Å²) in [5, 5.41) is 1.22. The Balaban J connectivity index is 1.27. The Bertz CT molecular complexity index is 1230. The van der Waals surface area contributed by atoms with Crippen LogP contribution in [0.2, 0.25) is 10.0 Å². The Morgan fingerprint density at radius 2 is 1.76 bits per heavy atom. The summed E-state index contributed by atoms with van der Waals surface area (Å²) >= 11 is 12.6. The number of hydrogen-bond donors (Lipinski definition) is 0. The lowest BCUT2D eigenvalue weighted by molar-refractivity contribution is -0.118. The van der Waals surface area contributed by atoms with Gasteiger partial charge in [0.25, 0.3) is 0 Å². The predicted octanol–water partition coefficient (Wildman–Crippen LogP) is 7.13. The van der Waals surface area contributed by atoms with Crippen molar-refractivity contribution >= 4 is 46.5 Å². The lowest BCUT2D eigenvalue weighted by Crippen LogP contribution is -2.54. The number of piperazine rings is 1. The Morgan fingerprint density at radius 3 is 2.46 bits per heavy atom. The number of anilines is 2. The molecule has 3 amide bonds. The number of unbranched alkanes of at least 4 members (excludes halogenated alkanes) is 1. The molecule has 1 saturated heterocycles. The number of rotatable bonds is 10. The zero-order chi connectivity index (χ0) is 29.7.